The van der Waals surface area contributed by atoms with Gasteiger partial charge in [0.1, 0.15) is 48.8 Å². The van der Waals surface area contributed by atoms with Crippen molar-refractivity contribution in [3.8, 4) is 0 Å². The van der Waals surface area contributed by atoms with Crippen LogP contribution in [0.25, 0.3) is 22.3 Å². The molecule has 64 heavy (non-hydrogen) atoms. The van der Waals surface area contributed by atoms with Crippen LogP contribution in [0.15, 0.2) is 22.2 Å². The topological polar surface area (TPSA) is 517 Å². The van der Waals surface area contributed by atoms with Gasteiger partial charge in [-0.3, -0.25) is 47.0 Å². The molecule has 4 unspecified atom stereocenters. The highest BCUT2D eigenvalue weighted by Crippen LogP contribution is 2.46. The molecule has 0 bridgehead atoms. The summed E-state index contributed by atoms with van der Waals surface area (Å²) < 4.78 is 91.7. The lowest BCUT2D eigenvalue weighted by Gasteiger charge is -2.35. The summed E-state index contributed by atoms with van der Waals surface area (Å²) in [5.41, 5.74) is 9.56. The number of nitrogens with zero attached hydrogens (tertiary/aromatic N) is 6. The Kier molecular flexibility index (Phi) is 14.5. The first kappa shape index (κ1) is 49.9. The summed E-state index contributed by atoms with van der Waals surface area (Å²) >= 11 is 0. The molecule has 34 nitrogen and oxygen atoms in total. The van der Waals surface area contributed by atoms with Crippen LogP contribution in [0.4, 0.5) is 11.9 Å². The molecule has 0 amide bonds. The Bertz CT molecular complexity index is 2500. The molecule has 4 aromatic rings. The van der Waals surface area contributed by atoms with Crippen LogP contribution < -0.4 is 51.3 Å². The van der Waals surface area contributed by atoms with E-state index >= 15 is 0 Å². The lowest BCUT2D eigenvalue weighted by molar-refractivity contribution is -0.746. The zero-order chi connectivity index (χ0) is 47.4. The van der Waals surface area contributed by atoms with Crippen LogP contribution in [-0.4, -0.2) is 135 Å². The number of aliphatic hydroxyl groups excluding tert-OH is 4. The molecule has 14 atom stereocenters. The Morgan fingerprint density at radius 3 is 1.36 bits per heavy atom. The molecule has 6 rings (SSSR count). The predicted molar refractivity (Wildman–Crippen MR) is 192 cm³/mol. The van der Waals surface area contributed by atoms with Gasteiger partial charge in [0, 0.05) is 0 Å². The number of aliphatic hydroxyl groups is 4. The van der Waals surface area contributed by atoms with Crippen molar-refractivity contribution in [3.63, 3.8) is 0 Å². The molecular formula is C26H38N10O24P4-2. The summed E-state index contributed by atoms with van der Waals surface area (Å²) in [4.78, 5) is 105. The highest BCUT2D eigenvalue weighted by Gasteiger charge is 2.49. The second kappa shape index (κ2) is 18.6. The van der Waals surface area contributed by atoms with Crippen molar-refractivity contribution in [2.75, 3.05) is 37.9 Å². The van der Waals surface area contributed by atoms with E-state index in [1.807, 2.05) is 0 Å². The second-order valence-electron chi connectivity index (χ2n) is 13.9. The van der Waals surface area contributed by atoms with E-state index in [2.05, 4.69) is 47.1 Å². The lowest BCUT2D eigenvalue weighted by Crippen LogP contribution is -2.46. The highest BCUT2D eigenvalue weighted by atomic mass is 31.2. The van der Waals surface area contributed by atoms with Gasteiger partial charge in [0.15, 0.2) is 12.7 Å². The quantitative estimate of drug-likeness (QED) is 0.0308. The molecular weight excluding hydrogens is 960 g/mol. The Balaban J connectivity index is 1.09. The Hall–Kier alpha value is -3.50. The Labute approximate surface area is 354 Å². The van der Waals surface area contributed by atoms with Crippen molar-refractivity contribution < 1.29 is 114 Å². The summed E-state index contributed by atoms with van der Waals surface area (Å²) in [5, 5.41) is 42.6. The number of phosphoric acid groups is 4. The zero-order valence-corrected chi connectivity index (χ0v) is 36.0. The molecule has 0 aromatic carbocycles. The van der Waals surface area contributed by atoms with E-state index in [0.717, 1.165) is 9.13 Å². The number of imidazole rings is 2. The van der Waals surface area contributed by atoms with E-state index in [1.54, 1.807) is 0 Å². The van der Waals surface area contributed by atoms with Crippen LogP contribution in [0, 0.1) is 0 Å². The minimum atomic E-state index is -6.06. The SMILES string of the molecule is Cn1c[n+]([C@@H]2O[C@H](COP(=O)([O-])OC[C@H](OP(=O)([O-])O)[C@H](COP(=O)([O-])OC[C@H]3O[C@@H]([n+]4cn(C)c5c(=O)[nH]c(N)nc54)[C@H](O)[C@@H]3O)OP(=O)([O-])O)[C@@H](O)[C@H]2O)c2nc(N)[nH]c(=O)c21. The number of ether oxygens (including phenoxy) is 2. The number of fused-ring (bicyclic) bond motifs is 2. The van der Waals surface area contributed by atoms with Gasteiger partial charge in [0.2, 0.25) is 23.5 Å². The van der Waals surface area contributed by atoms with Crippen molar-refractivity contribution in [2.45, 2.75) is 61.3 Å². The fourth-order valence-electron chi connectivity index (χ4n) is 6.59. The predicted octanol–water partition coefficient (Wildman–Crippen LogP) is -8.79. The lowest BCUT2D eigenvalue weighted by atomic mass is 10.1. The third-order valence-electron chi connectivity index (χ3n) is 9.34. The summed E-state index contributed by atoms with van der Waals surface area (Å²) in [6.45, 7) is -5.70. The molecule has 38 heteroatoms. The fraction of sp³-hybridized carbons (Fsp3) is 0.615. The highest BCUT2D eigenvalue weighted by molar-refractivity contribution is 7.46. The third kappa shape index (κ3) is 11.4. The molecule has 2 fully saturated rings. The molecule has 2 aliphatic heterocycles. The van der Waals surface area contributed by atoms with Crippen LogP contribution in [-0.2, 0) is 69.0 Å². The maximum absolute atomic E-state index is 12.8. The van der Waals surface area contributed by atoms with Crippen LogP contribution >= 0.6 is 31.3 Å². The molecule has 12 N–H and O–H groups in total. The van der Waals surface area contributed by atoms with Gasteiger partial charge in [-0.05, 0) is 0 Å². The minimum Gasteiger partial charge on any atom is -0.756 e. The number of H-pyrrole nitrogens is 2. The van der Waals surface area contributed by atoms with Crippen molar-refractivity contribution in [1.29, 1.82) is 0 Å². The fourth-order valence-corrected chi connectivity index (χ4v) is 9.14. The third-order valence-corrected chi connectivity index (χ3v) is 12.3. The van der Waals surface area contributed by atoms with E-state index in [-0.39, 0.29) is 34.2 Å². The van der Waals surface area contributed by atoms with Crippen LogP contribution in [0.1, 0.15) is 12.5 Å². The van der Waals surface area contributed by atoms with E-state index in [4.69, 9.17) is 20.9 Å². The molecule has 2 aliphatic rings. The second-order valence-corrected chi connectivity index (χ2v) is 19.0. The van der Waals surface area contributed by atoms with Crippen molar-refractivity contribution in [1.82, 2.24) is 29.1 Å². The number of nitrogens with two attached hydrogens (primary N) is 2. The van der Waals surface area contributed by atoms with Gasteiger partial charge in [0.25, 0.3) is 54.3 Å². The van der Waals surface area contributed by atoms with Crippen molar-refractivity contribution in [2.24, 2.45) is 14.1 Å². The number of hydrogen-bond acceptors (Lipinski definition) is 26. The molecule has 6 heterocycles. The van der Waals surface area contributed by atoms with Crippen molar-refractivity contribution in [3.05, 3.63) is 33.4 Å². The van der Waals surface area contributed by atoms with Crippen molar-refractivity contribution >= 4 is 65.5 Å². The normalized spacial score (nSPS) is 28.8. The summed E-state index contributed by atoms with van der Waals surface area (Å²) in [6, 6.07) is 0. The molecule has 2 saturated heterocycles. The number of rotatable bonds is 19. The first-order chi connectivity index (χ1) is 29.5. The van der Waals surface area contributed by atoms with Crippen LogP contribution in [0.5, 0.6) is 0 Å². The van der Waals surface area contributed by atoms with Gasteiger partial charge in [0.05, 0.1) is 40.5 Å². The van der Waals surface area contributed by atoms with Crippen LogP contribution in [0.3, 0.4) is 0 Å². The summed E-state index contributed by atoms with van der Waals surface area (Å²) in [6.07, 6.45) is -16.8. The molecule has 0 radical (unpaired) electrons. The van der Waals surface area contributed by atoms with E-state index in [9.17, 15) is 77.6 Å². The number of aromatic nitrogens is 8. The standard InChI is InChI=1S/C26H40N10O24P4/c1-33-7-35(19-13(33)21(41)31-25(27)29-19)23-17(39)15(37)11(57-23)5-55-63(49,50)53-3-9(59-61(43,44)45)10(60-62(46,47)48)4-54-64(51,52)56-6-12-16(38)18(40)24(58-12)36-8-34(2)14-20(36)30-26(28)32-22(14)42/h7-12,15-18,23-24,37-40H,3-6H2,1-2H3,(H10-2,27,28,29,30,31,32,41,42,43,44,45,46,47,48,49,50,51,52)/p-2/t9-,10-,11+,12+,15+,16+,17+,18+,23+,24+/m0/s1. The van der Waals surface area contributed by atoms with E-state index in [0.29, 0.717) is 0 Å². The average molecular weight is 999 g/mol. The average Bonchev–Trinajstić information content (AvgIpc) is 3.85. The molecule has 0 saturated carbocycles. The van der Waals surface area contributed by atoms with E-state index in [1.165, 1.54) is 35.9 Å². The van der Waals surface area contributed by atoms with Gasteiger partial charge in [-0.1, -0.05) is 9.97 Å². The number of phosphoric ester groups is 4. The Morgan fingerprint density at radius 1 is 0.688 bits per heavy atom. The number of nitrogens with one attached hydrogen (secondary N) is 2. The van der Waals surface area contributed by atoms with Gasteiger partial charge >= 0.3 is 11.3 Å². The van der Waals surface area contributed by atoms with E-state index < -0.39 is 130 Å². The largest absolute Gasteiger partial charge is 0.756 e. The maximum atomic E-state index is 12.8. The number of hydrogen-bond donors (Lipinski definition) is 10. The van der Waals surface area contributed by atoms with Gasteiger partial charge in [-0.2, -0.15) is 0 Å². The monoisotopic (exact) mass is 998 g/mol. The summed E-state index contributed by atoms with van der Waals surface area (Å²) in [5.74, 6) is -0.652. The number of aromatic amines is 2. The first-order valence-corrected chi connectivity index (χ1v) is 23.7. The molecule has 0 aliphatic carbocycles. The zero-order valence-electron chi connectivity index (χ0n) is 32.4. The molecule has 358 valence electrons. The Morgan fingerprint density at radius 2 is 1.03 bits per heavy atom. The maximum Gasteiger partial charge on any atom is 0.313 e. The number of anilines is 2. The van der Waals surface area contributed by atoms with Crippen LogP contribution in [0.2, 0.25) is 0 Å². The number of nitrogen functional groups attached to an aromatic ring is 2. The first-order valence-electron chi connectivity index (χ1n) is 17.7. The van der Waals surface area contributed by atoms with Gasteiger partial charge in [-0.15, -0.1) is 0 Å². The minimum absolute atomic E-state index is 0.0392. The summed E-state index contributed by atoms with van der Waals surface area (Å²) in [7, 11) is -20.8. The van der Waals surface area contributed by atoms with Gasteiger partial charge in [-0.25, -0.2) is 9.13 Å². The molecule has 0 spiro atoms. The smallest absolute Gasteiger partial charge is 0.313 e. The molecule has 4 aromatic heterocycles. The number of aryl methyl sites for hydroxylation is 2. The van der Waals surface area contributed by atoms with Gasteiger partial charge < -0.3 is 97.9 Å².